The largest absolute Gasteiger partial charge is 0.417 e. The normalized spacial score (nSPS) is 12.4. The Kier molecular flexibility index (Phi) is 5.86. The number of nitrogens with zero attached hydrogens (tertiary/aromatic N) is 3. The van der Waals surface area contributed by atoms with Gasteiger partial charge in [-0.05, 0) is 51.2 Å². The zero-order chi connectivity index (χ0) is 22.1. The molecule has 0 bridgehead atoms. The lowest BCUT2D eigenvalue weighted by atomic mass is 10.1. The summed E-state index contributed by atoms with van der Waals surface area (Å²) in [6.07, 6.45) is -0.362. The molecule has 0 saturated heterocycles. The minimum Gasteiger partial charge on any atom is -0.340 e. The number of aromatic nitrogens is 3. The minimum absolute atomic E-state index is 0.0324. The van der Waals surface area contributed by atoms with Crippen molar-refractivity contribution in [2.75, 3.05) is 12.4 Å². The summed E-state index contributed by atoms with van der Waals surface area (Å²) in [5, 5.41) is 2.94. The first-order valence-electron chi connectivity index (χ1n) is 8.93. The summed E-state index contributed by atoms with van der Waals surface area (Å²) in [6.45, 7) is 3.94. The number of halogens is 3. The lowest BCUT2D eigenvalue weighted by Crippen LogP contribution is -2.18. The maximum Gasteiger partial charge on any atom is 0.417 e. The third-order valence-corrected chi connectivity index (χ3v) is 5.81. The number of rotatable bonds is 6. The summed E-state index contributed by atoms with van der Waals surface area (Å²) < 4.78 is 66.8. The number of sulfonamides is 1. The first-order chi connectivity index (χ1) is 14.0. The summed E-state index contributed by atoms with van der Waals surface area (Å²) in [7, 11) is -2.40. The third kappa shape index (κ3) is 4.62. The molecule has 0 unspecified atom stereocenters. The van der Waals surface area contributed by atoms with E-state index in [0.717, 1.165) is 12.3 Å². The second kappa shape index (κ2) is 8.07. The van der Waals surface area contributed by atoms with Crippen LogP contribution in [0.15, 0.2) is 53.9 Å². The Morgan fingerprint density at radius 3 is 2.37 bits per heavy atom. The molecule has 2 heterocycles. The van der Waals surface area contributed by atoms with Gasteiger partial charge in [-0.15, -0.1) is 0 Å². The zero-order valence-corrected chi connectivity index (χ0v) is 17.2. The standard InChI is InChI=1S/C19H20F3N5O2S/c1-12(2)27-10-17(25-11-27)15-8-14(30(28,29)23-3)5-6-16(15)26-18-7-4-13(9-24-18)19(20,21)22/h4-12,23H,1-3H3,(H,24,26). The molecule has 0 radical (unpaired) electrons. The molecule has 7 nitrogen and oxygen atoms in total. The molecule has 0 aliphatic heterocycles. The zero-order valence-electron chi connectivity index (χ0n) is 16.4. The second-order valence-electron chi connectivity index (χ2n) is 6.77. The summed E-state index contributed by atoms with van der Waals surface area (Å²) in [5.74, 6) is 0.178. The smallest absolute Gasteiger partial charge is 0.340 e. The van der Waals surface area contributed by atoms with Crippen molar-refractivity contribution in [1.82, 2.24) is 19.3 Å². The Balaban J connectivity index is 2.04. The number of hydrogen-bond acceptors (Lipinski definition) is 5. The average Bonchev–Trinajstić information content (AvgIpc) is 3.18. The number of hydrogen-bond donors (Lipinski definition) is 2. The van der Waals surface area contributed by atoms with Crippen molar-refractivity contribution in [2.45, 2.75) is 31.0 Å². The maximum atomic E-state index is 12.8. The van der Waals surface area contributed by atoms with Crippen molar-refractivity contribution in [3.05, 3.63) is 54.6 Å². The highest BCUT2D eigenvalue weighted by Gasteiger charge is 2.30. The topological polar surface area (TPSA) is 88.9 Å². The van der Waals surface area contributed by atoms with E-state index in [4.69, 9.17) is 0 Å². The molecular weight excluding hydrogens is 419 g/mol. The maximum absolute atomic E-state index is 12.8. The van der Waals surface area contributed by atoms with Crippen LogP contribution in [0.4, 0.5) is 24.7 Å². The van der Waals surface area contributed by atoms with Gasteiger partial charge in [-0.25, -0.2) is 23.1 Å². The van der Waals surface area contributed by atoms with Crippen LogP contribution in [0.5, 0.6) is 0 Å². The number of anilines is 2. The molecule has 0 atom stereocenters. The Hall–Kier alpha value is -2.92. The van der Waals surface area contributed by atoms with Gasteiger partial charge in [0.25, 0.3) is 0 Å². The average molecular weight is 439 g/mol. The van der Waals surface area contributed by atoms with E-state index < -0.39 is 21.8 Å². The SMILES string of the molecule is CNS(=O)(=O)c1ccc(Nc2ccc(C(F)(F)F)cn2)c(-c2cn(C(C)C)cn2)c1. The Labute approximate surface area is 172 Å². The lowest BCUT2D eigenvalue weighted by molar-refractivity contribution is -0.137. The molecule has 3 aromatic rings. The fourth-order valence-corrected chi connectivity index (χ4v) is 3.42. The van der Waals surface area contributed by atoms with Gasteiger partial charge >= 0.3 is 6.18 Å². The highest BCUT2D eigenvalue weighted by Crippen LogP contribution is 2.33. The molecule has 2 N–H and O–H groups in total. The Morgan fingerprint density at radius 1 is 1.10 bits per heavy atom. The van der Waals surface area contributed by atoms with Gasteiger partial charge in [0.1, 0.15) is 5.82 Å². The van der Waals surface area contributed by atoms with Crippen molar-refractivity contribution in [2.24, 2.45) is 0 Å². The minimum atomic E-state index is -4.48. The predicted octanol–water partition coefficient (Wildman–Crippen LogP) is 4.20. The van der Waals surface area contributed by atoms with Gasteiger partial charge in [0.15, 0.2) is 0 Å². The van der Waals surface area contributed by atoms with E-state index in [2.05, 4.69) is 20.0 Å². The van der Waals surface area contributed by atoms with E-state index in [1.807, 2.05) is 18.4 Å². The van der Waals surface area contributed by atoms with Crippen LogP contribution in [0.3, 0.4) is 0 Å². The predicted molar refractivity (Wildman–Crippen MR) is 107 cm³/mol. The monoisotopic (exact) mass is 439 g/mol. The van der Waals surface area contributed by atoms with E-state index in [9.17, 15) is 21.6 Å². The van der Waals surface area contributed by atoms with E-state index in [0.29, 0.717) is 16.9 Å². The fraction of sp³-hybridized carbons (Fsp3) is 0.263. The summed E-state index contributed by atoms with van der Waals surface area (Å²) in [5.41, 5.74) is 0.560. The van der Waals surface area contributed by atoms with Crippen LogP contribution in [-0.4, -0.2) is 30.0 Å². The molecule has 0 amide bonds. The van der Waals surface area contributed by atoms with Gasteiger partial charge < -0.3 is 9.88 Å². The van der Waals surface area contributed by atoms with Gasteiger partial charge in [0, 0.05) is 29.7 Å². The van der Waals surface area contributed by atoms with Crippen LogP contribution in [0, 0.1) is 0 Å². The van der Waals surface area contributed by atoms with Crippen molar-refractivity contribution < 1.29 is 21.6 Å². The van der Waals surface area contributed by atoms with E-state index in [1.54, 1.807) is 12.5 Å². The quantitative estimate of drug-likeness (QED) is 0.601. The van der Waals surface area contributed by atoms with Crippen LogP contribution in [0.25, 0.3) is 11.3 Å². The fourth-order valence-electron chi connectivity index (χ4n) is 2.66. The number of imidazole rings is 1. The van der Waals surface area contributed by atoms with E-state index in [1.165, 1.54) is 31.3 Å². The van der Waals surface area contributed by atoms with Crippen LogP contribution < -0.4 is 10.0 Å². The molecule has 0 spiro atoms. The third-order valence-electron chi connectivity index (χ3n) is 4.40. The van der Waals surface area contributed by atoms with E-state index in [-0.39, 0.29) is 16.8 Å². The molecule has 2 aromatic heterocycles. The van der Waals surface area contributed by atoms with Crippen LogP contribution in [-0.2, 0) is 16.2 Å². The van der Waals surface area contributed by atoms with E-state index >= 15 is 0 Å². The van der Waals surface area contributed by atoms with Gasteiger partial charge in [0.2, 0.25) is 10.0 Å². The molecular formula is C19H20F3N5O2S. The van der Waals surface area contributed by atoms with Gasteiger partial charge in [0.05, 0.1) is 22.5 Å². The molecule has 0 saturated carbocycles. The number of nitrogens with one attached hydrogen (secondary N) is 2. The number of benzene rings is 1. The number of pyridine rings is 1. The van der Waals surface area contributed by atoms with Gasteiger partial charge in [-0.1, -0.05) is 0 Å². The molecule has 11 heteroatoms. The molecule has 1 aromatic carbocycles. The Bertz CT molecular complexity index is 1140. The van der Waals surface area contributed by atoms with Crippen LogP contribution >= 0.6 is 0 Å². The Morgan fingerprint density at radius 2 is 1.83 bits per heavy atom. The van der Waals surface area contributed by atoms with Crippen molar-refractivity contribution in [3.8, 4) is 11.3 Å². The van der Waals surface area contributed by atoms with Crippen molar-refractivity contribution >= 4 is 21.5 Å². The molecule has 3 rings (SSSR count). The molecule has 0 aliphatic carbocycles. The second-order valence-corrected chi connectivity index (χ2v) is 8.66. The molecule has 30 heavy (non-hydrogen) atoms. The van der Waals surface area contributed by atoms with Crippen molar-refractivity contribution in [1.29, 1.82) is 0 Å². The lowest BCUT2D eigenvalue weighted by Gasteiger charge is -2.13. The highest BCUT2D eigenvalue weighted by molar-refractivity contribution is 7.89. The molecule has 0 fully saturated rings. The number of alkyl halides is 3. The first kappa shape index (κ1) is 21.8. The van der Waals surface area contributed by atoms with Gasteiger partial charge in [-0.2, -0.15) is 13.2 Å². The van der Waals surface area contributed by atoms with Crippen LogP contribution in [0.2, 0.25) is 0 Å². The van der Waals surface area contributed by atoms with Crippen molar-refractivity contribution in [3.63, 3.8) is 0 Å². The highest BCUT2D eigenvalue weighted by atomic mass is 32.2. The first-order valence-corrected chi connectivity index (χ1v) is 10.4. The molecule has 160 valence electrons. The summed E-state index contributed by atoms with van der Waals surface area (Å²) in [4.78, 5) is 8.19. The van der Waals surface area contributed by atoms with Gasteiger partial charge in [-0.3, -0.25) is 0 Å². The molecule has 0 aliphatic rings. The van der Waals surface area contributed by atoms with Crippen LogP contribution in [0.1, 0.15) is 25.5 Å². The summed E-state index contributed by atoms with van der Waals surface area (Å²) in [6, 6.07) is 6.63. The summed E-state index contributed by atoms with van der Waals surface area (Å²) >= 11 is 0.